The molecule has 0 heterocycles. The lowest BCUT2D eigenvalue weighted by Crippen LogP contribution is -2.07. The van der Waals surface area contributed by atoms with Gasteiger partial charge in [-0.25, -0.2) is 0 Å². The first kappa shape index (κ1) is 13.3. The van der Waals surface area contributed by atoms with Crippen LogP contribution in [0.4, 0.5) is 0 Å². The molecule has 0 amide bonds. The number of nitriles is 1. The normalized spacial score (nSPS) is 11.7. The Morgan fingerprint density at radius 3 is 2.53 bits per heavy atom. The highest BCUT2D eigenvalue weighted by atomic mass is 16.5. The SMILES string of the molecule is COc1cc(C#N)cc(C(C)CCN)c1OC. The predicted molar refractivity (Wildman–Crippen MR) is 66.3 cm³/mol. The largest absolute Gasteiger partial charge is 0.493 e. The first-order valence-electron chi connectivity index (χ1n) is 5.54. The van der Waals surface area contributed by atoms with Crippen LogP contribution in [0.5, 0.6) is 11.5 Å². The monoisotopic (exact) mass is 234 g/mol. The molecule has 0 bridgehead atoms. The van der Waals surface area contributed by atoms with Gasteiger partial charge < -0.3 is 15.2 Å². The zero-order valence-corrected chi connectivity index (χ0v) is 10.5. The standard InChI is InChI=1S/C13H18N2O2/c1-9(4-5-14)11-6-10(8-15)7-12(16-2)13(11)17-3/h6-7,9H,4-5,14H2,1-3H3. The lowest BCUT2D eigenvalue weighted by atomic mass is 9.94. The van der Waals surface area contributed by atoms with Gasteiger partial charge in [-0.2, -0.15) is 5.26 Å². The van der Waals surface area contributed by atoms with Crippen LogP contribution in [-0.2, 0) is 0 Å². The molecule has 1 unspecified atom stereocenters. The second kappa shape index (κ2) is 6.12. The fourth-order valence-electron chi connectivity index (χ4n) is 1.83. The molecular formula is C13H18N2O2. The first-order valence-corrected chi connectivity index (χ1v) is 5.54. The Bertz CT molecular complexity index is 424. The van der Waals surface area contributed by atoms with Crippen molar-refractivity contribution in [3.8, 4) is 17.6 Å². The summed E-state index contributed by atoms with van der Waals surface area (Å²) in [5, 5.41) is 8.99. The van der Waals surface area contributed by atoms with Crippen molar-refractivity contribution < 1.29 is 9.47 Å². The van der Waals surface area contributed by atoms with E-state index in [2.05, 4.69) is 13.0 Å². The Morgan fingerprint density at radius 2 is 2.06 bits per heavy atom. The maximum absolute atomic E-state index is 8.99. The number of nitrogens with two attached hydrogens (primary N) is 1. The number of methoxy groups -OCH3 is 2. The van der Waals surface area contributed by atoms with E-state index < -0.39 is 0 Å². The summed E-state index contributed by atoms with van der Waals surface area (Å²) in [6.07, 6.45) is 0.842. The smallest absolute Gasteiger partial charge is 0.164 e. The molecule has 0 aliphatic heterocycles. The summed E-state index contributed by atoms with van der Waals surface area (Å²) in [4.78, 5) is 0. The minimum absolute atomic E-state index is 0.233. The zero-order chi connectivity index (χ0) is 12.8. The molecule has 0 aliphatic carbocycles. The molecule has 0 saturated heterocycles. The van der Waals surface area contributed by atoms with Gasteiger partial charge in [-0.05, 0) is 24.9 Å². The van der Waals surface area contributed by atoms with Crippen LogP contribution < -0.4 is 15.2 Å². The van der Waals surface area contributed by atoms with Gasteiger partial charge in [0.25, 0.3) is 0 Å². The summed E-state index contributed by atoms with van der Waals surface area (Å²) in [6.45, 7) is 2.66. The molecule has 1 aromatic rings. The van der Waals surface area contributed by atoms with E-state index in [4.69, 9.17) is 20.5 Å². The quantitative estimate of drug-likeness (QED) is 0.846. The van der Waals surface area contributed by atoms with Gasteiger partial charge in [-0.1, -0.05) is 6.92 Å². The minimum Gasteiger partial charge on any atom is -0.493 e. The highest BCUT2D eigenvalue weighted by molar-refractivity contribution is 5.53. The van der Waals surface area contributed by atoms with E-state index in [1.54, 1.807) is 20.3 Å². The van der Waals surface area contributed by atoms with Crippen molar-refractivity contribution >= 4 is 0 Å². The Balaban J connectivity index is 3.29. The van der Waals surface area contributed by atoms with Crippen molar-refractivity contribution in [1.82, 2.24) is 0 Å². The number of ether oxygens (including phenoxy) is 2. The molecule has 17 heavy (non-hydrogen) atoms. The van der Waals surface area contributed by atoms with E-state index in [0.717, 1.165) is 12.0 Å². The van der Waals surface area contributed by atoms with E-state index in [0.29, 0.717) is 23.6 Å². The van der Waals surface area contributed by atoms with Crippen molar-refractivity contribution in [3.63, 3.8) is 0 Å². The molecular weight excluding hydrogens is 216 g/mol. The zero-order valence-electron chi connectivity index (χ0n) is 10.5. The maximum atomic E-state index is 8.99. The van der Waals surface area contributed by atoms with Crippen molar-refractivity contribution in [2.24, 2.45) is 5.73 Å². The third-order valence-electron chi connectivity index (χ3n) is 2.77. The van der Waals surface area contributed by atoms with Crippen molar-refractivity contribution in [2.75, 3.05) is 20.8 Å². The summed E-state index contributed by atoms with van der Waals surface area (Å²) >= 11 is 0. The lowest BCUT2D eigenvalue weighted by Gasteiger charge is -2.17. The number of hydrogen-bond acceptors (Lipinski definition) is 4. The average Bonchev–Trinajstić information content (AvgIpc) is 2.37. The van der Waals surface area contributed by atoms with Crippen LogP contribution in [0.2, 0.25) is 0 Å². The first-order chi connectivity index (χ1) is 8.17. The van der Waals surface area contributed by atoms with Gasteiger partial charge in [0.05, 0.1) is 25.9 Å². The van der Waals surface area contributed by atoms with Gasteiger partial charge >= 0.3 is 0 Å². The lowest BCUT2D eigenvalue weighted by molar-refractivity contribution is 0.349. The summed E-state index contributed by atoms with van der Waals surface area (Å²) in [5.41, 5.74) is 7.10. The summed E-state index contributed by atoms with van der Waals surface area (Å²) in [7, 11) is 3.17. The Hall–Kier alpha value is -1.73. The second-order valence-corrected chi connectivity index (χ2v) is 3.89. The van der Waals surface area contributed by atoms with Crippen LogP contribution in [-0.4, -0.2) is 20.8 Å². The second-order valence-electron chi connectivity index (χ2n) is 3.89. The average molecular weight is 234 g/mol. The van der Waals surface area contributed by atoms with Crippen LogP contribution in [0.3, 0.4) is 0 Å². The number of nitrogens with zero attached hydrogens (tertiary/aromatic N) is 1. The van der Waals surface area contributed by atoms with E-state index in [-0.39, 0.29) is 5.92 Å². The molecule has 4 heteroatoms. The molecule has 0 fully saturated rings. The summed E-state index contributed by atoms with van der Waals surface area (Å²) in [6, 6.07) is 5.64. The van der Waals surface area contributed by atoms with E-state index in [1.165, 1.54) is 0 Å². The molecule has 0 spiro atoms. The van der Waals surface area contributed by atoms with Gasteiger partial charge in [0.15, 0.2) is 11.5 Å². The van der Waals surface area contributed by atoms with E-state index in [9.17, 15) is 0 Å². The molecule has 0 radical (unpaired) electrons. The van der Waals surface area contributed by atoms with Gasteiger partial charge in [-0.3, -0.25) is 0 Å². The minimum atomic E-state index is 0.233. The summed E-state index contributed by atoms with van der Waals surface area (Å²) in [5.74, 6) is 1.51. The van der Waals surface area contributed by atoms with Gasteiger partial charge in [-0.15, -0.1) is 0 Å². The van der Waals surface area contributed by atoms with E-state index in [1.807, 2.05) is 6.07 Å². The van der Waals surface area contributed by atoms with Crippen LogP contribution >= 0.6 is 0 Å². The topological polar surface area (TPSA) is 68.3 Å². The highest BCUT2D eigenvalue weighted by Gasteiger charge is 2.17. The van der Waals surface area contributed by atoms with Crippen molar-refractivity contribution in [3.05, 3.63) is 23.3 Å². The Morgan fingerprint density at radius 1 is 1.35 bits per heavy atom. The van der Waals surface area contributed by atoms with Gasteiger partial charge in [0.2, 0.25) is 0 Å². The molecule has 92 valence electrons. The number of hydrogen-bond donors (Lipinski definition) is 1. The van der Waals surface area contributed by atoms with Crippen LogP contribution in [0.1, 0.15) is 30.4 Å². The highest BCUT2D eigenvalue weighted by Crippen LogP contribution is 2.37. The third-order valence-corrected chi connectivity index (χ3v) is 2.77. The third kappa shape index (κ3) is 2.89. The molecule has 1 aromatic carbocycles. The van der Waals surface area contributed by atoms with Crippen molar-refractivity contribution in [1.29, 1.82) is 5.26 Å². The van der Waals surface area contributed by atoms with Gasteiger partial charge in [0, 0.05) is 11.6 Å². The molecule has 0 aliphatic rings. The molecule has 2 N–H and O–H groups in total. The van der Waals surface area contributed by atoms with Crippen LogP contribution in [0.25, 0.3) is 0 Å². The molecule has 0 saturated carbocycles. The van der Waals surface area contributed by atoms with Crippen LogP contribution in [0.15, 0.2) is 12.1 Å². The molecule has 1 atom stereocenters. The van der Waals surface area contributed by atoms with Crippen molar-refractivity contribution in [2.45, 2.75) is 19.3 Å². The summed E-state index contributed by atoms with van der Waals surface area (Å²) < 4.78 is 10.6. The Labute approximate surface area is 102 Å². The van der Waals surface area contributed by atoms with Crippen LogP contribution in [0, 0.1) is 11.3 Å². The number of rotatable bonds is 5. The fourth-order valence-corrected chi connectivity index (χ4v) is 1.83. The predicted octanol–water partition coefficient (Wildman–Crippen LogP) is 2.03. The fraction of sp³-hybridized carbons (Fsp3) is 0.462. The maximum Gasteiger partial charge on any atom is 0.164 e. The molecule has 1 rings (SSSR count). The molecule has 0 aromatic heterocycles. The van der Waals surface area contributed by atoms with Gasteiger partial charge in [0.1, 0.15) is 0 Å². The molecule has 4 nitrogen and oxygen atoms in total. The Kier molecular flexibility index (Phi) is 4.80. The number of benzene rings is 1. The van der Waals surface area contributed by atoms with E-state index >= 15 is 0 Å².